The van der Waals surface area contributed by atoms with E-state index in [-0.39, 0.29) is 18.2 Å². The summed E-state index contributed by atoms with van der Waals surface area (Å²) in [6, 6.07) is -0.104. The topological polar surface area (TPSA) is 78.9 Å². The number of rotatable bonds is 5. The molecule has 2 N–H and O–H groups in total. The van der Waals surface area contributed by atoms with Crippen molar-refractivity contribution in [1.29, 1.82) is 0 Å². The minimum Gasteiger partial charge on any atom is -0.480 e. The molecule has 0 saturated heterocycles. The summed E-state index contributed by atoms with van der Waals surface area (Å²) < 4.78 is 5.39. The van der Waals surface area contributed by atoms with E-state index in [1.807, 2.05) is 27.7 Å². The first kappa shape index (κ1) is 18.7. The number of carbonyl (C=O) groups excluding carboxylic acids is 1. The summed E-state index contributed by atoms with van der Waals surface area (Å²) in [6.45, 7) is 7.44. The molecule has 0 aromatic rings. The van der Waals surface area contributed by atoms with Gasteiger partial charge in [-0.05, 0) is 52.9 Å². The Morgan fingerprint density at radius 1 is 1.27 bits per heavy atom. The van der Waals surface area contributed by atoms with Crippen LogP contribution in [-0.4, -0.2) is 52.8 Å². The zero-order chi connectivity index (χ0) is 16.9. The van der Waals surface area contributed by atoms with Crippen LogP contribution in [0.4, 0.5) is 4.79 Å². The molecule has 1 aliphatic rings. The molecule has 1 fully saturated rings. The van der Waals surface area contributed by atoms with Gasteiger partial charge in [-0.2, -0.15) is 0 Å². The molecule has 6 heteroatoms. The van der Waals surface area contributed by atoms with Gasteiger partial charge in [-0.3, -0.25) is 4.79 Å². The first-order valence-electron chi connectivity index (χ1n) is 8.08. The maximum atomic E-state index is 12.1. The Hall–Kier alpha value is -1.30. The summed E-state index contributed by atoms with van der Waals surface area (Å²) in [4.78, 5) is 24.8. The largest absolute Gasteiger partial charge is 0.480 e. The molecular formula is C16H30N2O4. The number of carboxylic acid groups (broad SMARTS) is 1. The van der Waals surface area contributed by atoms with Crippen LogP contribution in [0.3, 0.4) is 0 Å². The molecule has 0 radical (unpaired) electrons. The number of nitrogens with one attached hydrogen (secondary N) is 1. The van der Waals surface area contributed by atoms with Gasteiger partial charge in [-0.15, -0.1) is 0 Å². The van der Waals surface area contributed by atoms with E-state index in [0.717, 1.165) is 25.7 Å². The molecule has 1 saturated carbocycles. The normalized spacial score (nSPS) is 23.7. The van der Waals surface area contributed by atoms with E-state index in [4.69, 9.17) is 9.84 Å². The number of carbonyl (C=O) groups is 2. The molecule has 1 rings (SSSR count). The van der Waals surface area contributed by atoms with Crippen molar-refractivity contribution in [2.75, 3.05) is 7.05 Å². The van der Waals surface area contributed by atoms with Crippen LogP contribution in [-0.2, 0) is 9.53 Å². The van der Waals surface area contributed by atoms with Gasteiger partial charge >= 0.3 is 12.1 Å². The van der Waals surface area contributed by atoms with E-state index in [1.165, 1.54) is 0 Å². The Labute approximate surface area is 133 Å². The molecule has 1 amide bonds. The molecule has 0 heterocycles. The SMILES string of the molecule is CCC(NC1CCC(N(C)C(=O)OC(C)(C)C)CC1)C(=O)O. The highest BCUT2D eigenvalue weighted by atomic mass is 16.6. The van der Waals surface area contributed by atoms with Gasteiger partial charge in [0.1, 0.15) is 11.6 Å². The maximum absolute atomic E-state index is 12.1. The molecule has 128 valence electrons. The molecule has 0 spiro atoms. The van der Waals surface area contributed by atoms with Crippen LogP contribution >= 0.6 is 0 Å². The molecule has 1 unspecified atom stereocenters. The Balaban J connectivity index is 2.44. The molecule has 1 atom stereocenters. The van der Waals surface area contributed by atoms with Gasteiger partial charge in [0.15, 0.2) is 0 Å². The summed E-state index contributed by atoms with van der Waals surface area (Å²) in [5.41, 5.74) is -0.486. The predicted octanol–water partition coefficient (Wildman–Crippen LogP) is 2.62. The van der Waals surface area contributed by atoms with E-state index in [1.54, 1.807) is 11.9 Å². The van der Waals surface area contributed by atoms with Crippen LogP contribution in [0.25, 0.3) is 0 Å². The minimum absolute atomic E-state index is 0.165. The number of amides is 1. The van der Waals surface area contributed by atoms with Gasteiger partial charge in [0.05, 0.1) is 0 Å². The summed E-state index contributed by atoms with van der Waals surface area (Å²) in [6.07, 6.45) is 3.77. The van der Waals surface area contributed by atoms with Crippen LogP contribution in [0.15, 0.2) is 0 Å². The summed E-state index contributed by atoms with van der Waals surface area (Å²) in [5.74, 6) is -0.796. The zero-order valence-corrected chi connectivity index (χ0v) is 14.4. The van der Waals surface area contributed by atoms with Crippen molar-refractivity contribution in [2.45, 2.75) is 83.5 Å². The third-order valence-corrected chi connectivity index (χ3v) is 4.07. The molecule has 0 aromatic heterocycles. The summed E-state index contributed by atoms with van der Waals surface area (Å²) in [5, 5.41) is 12.3. The highest BCUT2D eigenvalue weighted by molar-refractivity contribution is 5.73. The summed E-state index contributed by atoms with van der Waals surface area (Å²) >= 11 is 0. The number of nitrogens with zero attached hydrogens (tertiary/aromatic N) is 1. The molecule has 22 heavy (non-hydrogen) atoms. The number of ether oxygens (including phenoxy) is 1. The number of aliphatic carboxylic acids is 1. The molecular weight excluding hydrogens is 284 g/mol. The van der Waals surface area contributed by atoms with Gasteiger partial charge in [-0.25, -0.2) is 4.79 Å². The highest BCUT2D eigenvalue weighted by Crippen LogP contribution is 2.24. The lowest BCUT2D eigenvalue weighted by atomic mass is 9.90. The second-order valence-corrected chi connectivity index (χ2v) is 7.06. The van der Waals surface area contributed by atoms with Gasteiger partial charge in [0.2, 0.25) is 0 Å². The second-order valence-electron chi connectivity index (χ2n) is 7.06. The van der Waals surface area contributed by atoms with Crippen molar-refractivity contribution in [3.8, 4) is 0 Å². The molecule has 1 aliphatic carbocycles. The van der Waals surface area contributed by atoms with Crippen LogP contribution < -0.4 is 5.32 Å². The van der Waals surface area contributed by atoms with E-state index in [9.17, 15) is 9.59 Å². The van der Waals surface area contributed by atoms with Gasteiger partial charge in [0.25, 0.3) is 0 Å². The van der Waals surface area contributed by atoms with E-state index in [2.05, 4.69) is 5.32 Å². The Kier molecular flexibility index (Phi) is 6.66. The number of hydrogen-bond donors (Lipinski definition) is 2. The van der Waals surface area contributed by atoms with Crippen molar-refractivity contribution in [2.24, 2.45) is 0 Å². The zero-order valence-electron chi connectivity index (χ0n) is 14.4. The predicted molar refractivity (Wildman–Crippen MR) is 84.9 cm³/mol. The van der Waals surface area contributed by atoms with Crippen molar-refractivity contribution in [3.05, 3.63) is 0 Å². The van der Waals surface area contributed by atoms with Gasteiger partial charge in [0, 0.05) is 19.1 Å². The van der Waals surface area contributed by atoms with Gasteiger partial charge in [-0.1, -0.05) is 6.92 Å². The smallest absolute Gasteiger partial charge is 0.410 e. The number of carboxylic acids is 1. The Bertz CT molecular complexity index is 384. The second kappa shape index (κ2) is 7.81. The lowest BCUT2D eigenvalue weighted by Crippen LogP contribution is -2.48. The number of hydrogen-bond acceptors (Lipinski definition) is 4. The molecule has 0 aromatic carbocycles. The molecule has 6 nitrogen and oxygen atoms in total. The lowest BCUT2D eigenvalue weighted by Gasteiger charge is -2.36. The fourth-order valence-electron chi connectivity index (χ4n) is 2.76. The maximum Gasteiger partial charge on any atom is 0.410 e. The monoisotopic (exact) mass is 314 g/mol. The van der Waals surface area contributed by atoms with Crippen LogP contribution in [0, 0.1) is 0 Å². The lowest BCUT2D eigenvalue weighted by molar-refractivity contribution is -0.139. The van der Waals surface area contributed by atoms with E-state index < -0.39 is 17.6 Å². The third-order valence-electron chi connectivity index (χ3n) is 4.07. The Morgan fingerprint density at radius 3 is 2.23 bits per heavy atom. The van der Waals surface area contributed by atoms with Crippen molar-refractivity contribution >= 4 is 12.1 Å². The van der Waals surface area contributed by atoms with Crippen LogP contribution in [0.1, 0.15) is 59.8 Å². The fourth-order valence-corrected chi connectivity index (χ4v) is 2.76. The van der Waals surface area contributed by atoms with Crippen LogP contribution in [0.5, 0.6) is 0 Å². The molecule has 0 aliphatic heterocycles. The van der Waals surface area contributed by atoms with Gasteiger partial charge < -0.3 is 20.1 Å². The van der Waals surface area contributed by atoms with Crippen LogP contribution in [0.2, 0.25) is 0 Å². The molecule has 0 bridgehead atoms. The first-order valence-corrected chi connectivity index (χ1v) is 8.08. The van der Waals surface area contributed by atoms with Crippen molar-refractivity contribution in [1.82, 2.24) is 10.2 Å². The average Bonchev–Trinajstić information content (AvgIpc) is 2.42. The van der Waals surface area contributed by atoms with E-state index >= 15 is 0 Å². The van der Waals surface area contributed by atoms with Crippen molar-refractivity contribution in [3.63, 3.8) is 0 Å². The van der Waals surface area contributed by atoms with Crippen molar-refractivity contribution < 1.29 is 19.4 Å². The standard InChI is InChI=1S/C16H30N2O4/c1-6-13(14(19)20)17-11-7-9-12(10-8-11)18(5)15(21)22-16(2,3)4/h11-13,17H,6-10H2,1-5H3,(H,19,20). The quantitative estimate of drug-likeness (QED) is 0.815. The average molecular weight is 314 g/mol. The first-order chi connectivity index (χ1) is 10.1. The minimum atomic E-state index is -0.796. The van der Waals surface area contributed by atoms with E-state index in [0.29, 0.717) is 6.42 Å². The third kappa shape index (κ3) is 5.83. The highest BCUT2D eigenvalue weighted by Gasteiger charge is 2.30. The summed E-state index contributed by atoms with van der Waals surface area (Å²) in [7, 11) is 1.78. The Morgan fingerprint density at radius 2 is 1.82 bits per heavy atom. The fraction of sp³-hybridized carbons (Fsp3) is 0.875.